The summed E-state index contributed by atoms with van der Waals surface area (Å²) in [6.07, 6.45) is 5.21. The van der Waals surface area contributed by atoms with Crippen LogP contribution < -0.4 is 4.74 Å². The Morgan fingerprint density at radius 1 is 1.04 bits per heavy atom. The summed E-state index contributed by atoms with van der Waals surface area (Å²) < 4.78 is 5.72. The van der Waals surface area contributed by atoms with Crippen LogP contribution in [-0.2, 0) is 9.63 Å². The summed E-state index contributed by atoms with van der Waals surface area (Å²) >= 11 is 0. The van der Waals surface area contributed by atoms with Crippen molar-refractivity contribution in [1.29, 1.82) is 0 Å². The minimum Gasteiger partial charge on any atom is -0.494 e. The van der Waals surface area contributed by atoms with E-state index in [1.54, 1.807) is 6.08 Å². The first-order chi connectivity index (χ1) is 12.7. The van der Waals surface area contributed by atoms with Crippen LogP contribution in [-0.4, -0.2) is 18.3 Å². The highest BCUT2D eigenvalue weighted by molar-refractivity contribution is 6.31. The van der Waals surface area contributed by atoms with Crippen molar-refractivity contribution >= 4 is 17.8 Å². The Hall–Kier alpha value is -2.88. The first-order valence-electron chi connectivity index (χ1n) is 8.98. The van der Waals surface area contributed by atoms with Gasteiger partial charge in [0.05, 0.1) is 12.2 Å². The lowest BCUT2D eigenvalue weighted by molar-refractivity contribution is -0.136. The van der Waals surface area contributed by atoms with Gasteiger partial charge in [-0.05, 0) is 37.1 Å². The minimum absolute atomic E-state index is 0.430. The van der Waals surface area contributed by atoms with Crippen LogP contribution in [0.25, 0.3) is 6.08 Å². The highest BCUT2D eigenvalue weighted by Gasteiger charge is 2.26. The molecule has 0 aromatic heterocycles. The molecule has 0 saturated heterocycles. The third-order valence-electron chi connectivity index (χ3n) is 4.23. The molecule has 4 heteroatoms. The Labute approximate surface area is 154 Å². The van der Waals surface area contributed by atoms with E-state index in [0.29, 0.717) is 11.3 Å². The van der Waals surface area contributed by atoms with Crippen LogP contribution in [0.1, 0.15) is 42.9 Å². The number of nitrogens with zero attached hydrogens (tertiary/aromatic N) is 1. The number of carbonyl (C=O) groups excluding carboxylic acids is 1. The maximum absolute atomic E-state index is 12.1. The molecule has 3 rings (SSSR count). The summed E-state index contributed by atoms with van der Waals surface area (Å²) in [5, 5.41) is 3.94. The van der Waals surface area contributed by atoms with E-state index in [0.717, 1.165) is 35.5 Å². The van der Waals surface area contributed by atoms with E-state index in [9.17, 15) is 4.79 Å². The normalized spacial score (nSPS) is 15.1. The molecule has 0 N–H and O–H groups in total. The fourth-order valence-corrected chi connectivity index (χ4v) is 2.70. The lowest BCUT2D eigenvalue weighted by Crippen LogP contribution is -2.06. The maximum atomic E-state index is 12.1. The summed E-state index contributed by atoms with van der Waals surface area (Å²) in [5.41, 5.74) is 3.95. The molecule has 0 unspecified atom stereocenters. The molecule has 0 atom stereocenters. The van der Waals surface area contributed by atoms with Gasteiger partial charge in [0.25, 0.3) is 0 Å². The molecule has 0 amide bonds. The average molecular weight is 349 g/mol. The second kappa shape index (κ2) is 8.48. The molecule has 26 heavy (non-hydrogen) atoms. The molecule has 0 fully saturated rings. The third kappa shape index (κ3) is 4.39. The number of unbranched alkanes of at least 4 members (excludes halogenated alkanes) is 2. The van der Waals surface area contributed by atoms with Gasteiger partial charge in [0.2, 0.25) is 0 Å². The summed E-state index contributed by atoms with van der Waals surface area (Å²) in [6.45, 7) is 4.92. The number of benzene rings is 2. The van der Waals surface area contributed by atoms with E-state index in [-0.39, 0.29) is 0 Å². The Balaban J connectivity index is 1.74. The zero-order chi connectivity index (χ0) is 18.4. The predicted molar refractivity (Wildman–Crippen MR) is 103 cm³/mol. The minimum atomic E-state index is -0.430. The van der Waals surface area contributed by atoms with Crippen LogP contribution in [0, 0.1) is 6.92 Å². The van der Waals surface area contributed by atoms with Crippen molar-refractivity contribution in [3.05, 3.63) is 70.8 Å². The topological polar surface area (TPSA) is 47.9 Å². The van der Waals surface area contributed by atoms with Crippen molar-refractivity contribution < 1.29 is 14.4 Å². The molecule has 0 saturated carbocycles. The zero-order valence-corrected chi connectivity index (χ0v) is 15.2. The van der Waals surface area contributed by atoms with Gasteiger partial charge in [0, 0.05) is 5.56 Å². The number of aryl methyl sites for hydroxylation is 1. The third-order valence-corrected chi connectivity index (χ3v) is 4.23. The number of ether oxygens (including phenoxy) is 1. The number of rotatable bonds is 7. The molecule has 1 aliphatic heterocycles. The highest BCUT2D eigenvalue weighted by atomic mass is 16.7. The van der Waals surface area contributed by atoms with Crippen LogP contribution in [0.5, 0.6) is 5.75 Å². The Morgan fingerprint density at radius 2 is 1.77 bits per heavy atom. The molecule has 0 spiro atoms. The molecule has 2 aromatic carbocycles. The second-order valence-corrected chi connectivity index (χ2v) is 6.37. The molecule has 1 heterocycles. The van der Waals surface area contributed by atoms with Crippen LogP contribution in [0.3, 0.4) is 0 Å². The van der Waals surface area contributed by atoms with Gasteiger partial charge in [-0.25, -0.2) is 4.79 Å². The summed E-state index contributed by atoms with van der Waals surface area (Å²) in [5.74, 6) is 0.408. The average Bonchev–Trinajstić information content (AvgIpc) is 3.01. The largest absolute Gasteiger partial charge is 0.494 e. The van der Waals surface area contributed by atoms with Gasteiger partial charge >= 0.3 is 5.97 Å². The molecule has 4 nitrogen and oxygen atoms in total. The molecular weight excluding hydrogens is 326 g/mol. The van der Waals surface area contributed by atoms with Crippen molar-refractivity contribution in [1.82, 2.24) is 0 Å². The smallest absolute Gasteiger partial charge is 0.368 e. The fourth-order valence-electron chi connectivity index (χ4n) is 2.70. The van der Waals surface area contributed by atoms with Crippen molar-refractivity contribution in [2.75, 3.05) is 6.61 Å². The summed E-state index contributed by atoms with van der Waals surface area (Å²) in [7, 11) is 0. The zero-order valence-electron chi connectivity index (χ0n) is 15.2. The highest BCUT2D eigenvalue weighted by Crippen LogP contribution is 2.22. The van der Waals surface area contributed by atoms with Crippen LogP contribution in [0.4, 0.5) is 0 Å². The number of oxime groups is 1. The molecule has 0 bridgehead atoms. The molecule has 0 aliphatic carbocycles. The lowest BCUT2D eigenvalue weighted by Gasteiger charge is -2.06. The van der Waals surface area contributed by atoms with Gasteiger partial charge in [-0.15, -0.1) is 0 Å². The summed E-state index contributed by atoms with van der Waals surface area (Å²) in [4.78, 5) is 17.0. The predicted octanol–water partition coefficient (Wildman–Crippen LogP) is 4.91. The van der Waals surface area contributed by atoms with E-state index in [4.69, 9.17) is 9.57 Å². The van der Waals surface area contributed by atoms with E-state index in [1.165, 1.54) is 12.8 Å². The van der Waals surface area contributed by atoms with Gasteiger partial charge in [-0.2, -0.15) is 0 Å². The van der Waals surface area contributed by atoms with Crippen LogP contribution >= 0.6 is 0 Å². The first-order valence-corrected chi connectivity index (χ1v) is 8.98. The molecule has 0 radical (unpaired) electrons. The quantitative estimate of drug-likeness (QED) is 0.405. The Kier molecular flexibility index (Phi) is 5.84. The molecule has 134 valence electrons. The Bertz CT molecular complexity index is 817. The number of hydrogen-bond donors (Lipinski definition) is 0. The standard InChI is InChI=1S/C22H23NO3/c1-3-4-5-14-25-19-12-8-17(9-13-19)15-20-21(23-26-22(20)24)18-10-6-16(2)7-11-18/h6-13,15H,3-5,14H2,1-2H3/b20-15-. The van der Waals surface area contributed by atoms with Gasteiger partial charge in [-0.3, -0.25) is 0 Å². The summed E-state index contributed by atoms with van der Waals surface area (Å²) in [6, 6.07) is 15.6. The second-order valence-electron chi connectivity index (χ2n) is 6.37. The first kappa shape index (κ1) is 17.9. The van der Waals surface area contributed by atoms with Crippen molar-refractivity contribution in [3.8, 4) is 5.75 Å². The van der Waals surface area contributed by atoms with Gasteiger partial charge in [-0.1, -0.05) is 66.9 Å². The Morgan fingerprint density at radius 3 is 2.46 bits per heavy atom. The monoisotopic (exact) mass is 349 g/mol. The number of hydrogen-bond acceptors (Lipinski definition) is 4. The van der Waals surface area contributed by atoms with Crippen molar-refractivity contribution in [2.24, 2.45) is 5.16 Å². The molecule has 1 aliphatic rings. The van der Waals surface area contributed by atoms with E-state index >= 15 is 0 Å². The molecule has 2 aromatic rings. The van der Waals surface area contributed by atoms with Crippen LogP contribution in [0.15, 0.2) is 59.3 Å². The number of carbonyl (C=O) groups is 1. The maximum Gasteiger partial charge on any atom is 0.368 e. The van der Waals surface area contributed by atoms with Crippen molar-refractivity contribution in [3.63, 3.8) is 0 Å². The van der Waals surface area contributed by atoms with E-state index in [1.807, 2.05) is 55.5 Å². The van der Waals surface area contributed by atoms with Gasteiger partial charge in [0.15, 0.2) is 0 Å². The van der Waals surface area contributed by atoms with E-state index < -0.39 is 5.97 Å². The lowest BCUT2D eigenvalue weighted by atomic mass is 10.00. The molecular formula is C22H23NO3. The van der Waals surface area contributed by atoms with Gasteiger partial charge in [0.1, 0.15) is 11.5 Å². The van der Waals surface area contributed by atoms with Gasteiger partial charge < -0.3 is 9.57 Å². The van der Waals surface area contributed by atoms with Crippen LogP contribution in [0.2, 0.25) is 0 Å². The SMILES string of the molecule is CCCCCOc1ccc(/C=C2\C(=O)ON=C2c2ccc(C)cc2)cc1. The fraction of sp³-hybridized carbons (Fsp3) is 0.273. The van der Waals surface area contributed by atoms with E-state index in [2.05, 4.69) is 12.1 Å². The van der Waals surface area contributed by atoms with Crippen molar-refractivity contribution in [2.45, 2.75) is 33.1 Å².